The largest absolute Gasteiger partial charge is 0.496 e. The number of fused-ring (bicyclic) bond motifs is 1. The Morgan fingerprint density at radius 2 is 2.25 bits per heavy atom. The summed E-state index contributed by atoms with van der Waals surface area (Å²) in [6.45, 7) is 4.16. The van der Waals surface area contributed by atoms with Crippen LogP contribution in [-0.2, 0) is 9.53 Å². The van der Waals surface area contributed by atoms with Crippen molar-refractivity contribution in [2.75, 3.05) is 13.2 Å². The Labute approximate surface area is 138 Å². The van der Waals surface area contributed by atoms with E-state index in [2.05, 4.69) is 0 Å². The molecule has 0 saturated carbocycles. The molecule has 0 aromatic heterocycles. The van der Waals surface area contributed by atoms with Crippen LogP contribution < -0.4 is 4.74 Å². The molecule has 2 aliphatic heterocycles. The molecule has 24 heavy (non-hydrogen) atoms. The first-order valence-corrected chi connectivity index (χ1v) is 7.69. The van der Waals surface area contributed by atoms with Crippen molar-refractivity contribution in [2.45, 2.75) is 32.1 Å². The van der Waals surface area contributed by atoms with Crippen LogP contribution in [0.3, 0.4) is 0 Å². The van der Waals surface area contributed by atoms with Crippen molar-refractivity contribution in [3.05, 3.63) is 45.7 Å². The standard InChI is InChI=1S/C16H18N2O6/c1-3-23-11-7-14(19)17(8-11)15-12-6-10(18(21)22)4-5-13(12)24-9(2)16(15)20/h4-7,9,15-16,20H,3,8H2,1-2H3/t9-,15?,16-/m0/s1. The number of benzene rings is 1. The van der Waals surface area contributed by atoms with E-state index in [1.54, 1.807) is 6.92 Å². The van der Waals surface area contributed by atoms with E-state index in [9.17, 15) is 20.0 Å². The summed E-state index contributed by atoms with van der Waals surface area (Å²) < 4.78 is 11.0. The molecule has 0 bridgehead atoms. The first kappa shape index (κ1) is 16.3. The second-order valence-corrected chi connectivity index (χ2v) is 5.75. The van der Waals surface area contributed by atoms with Crippen LogP contribution in [0, 0.1) is 10.1 Å². The SMILES string of the molecule is CCOC1=CC(=O)N(C2c3cc([N+](=O)[O-])ccc3O[C@@H](C)[C@@H]2O)C1. The maximum atomic E-state index is 12.3. The highest BCUT2D eigenvalue weighted by atomic mass is 16.6. The summed E-state index contributed by atoms with van der Waals surface area (Å²) in [7, 11) is 0. The molecule has 1 aromatic rings. The lowest BCUT2D eigenvalue weighted by molar-refractivity contribution is -0.385. The smallest absolute Gasteiger partial charge is 0.270 e. The molecule has 8 nitrogen and oxygen atoms in total. The Kier molecular flexibility index (Phi) is 4.15. The van der Waals surface area contributed by atoms with Crippen LogP contribution >= 0.6 is 0 Å². The minimum atomic E-state index is -1.00. The van der Waals surface area contributed by atoms with Crippen LogP contribution in [-0.4, -0.2) is 46.2 Å². The van der Waals surface area contributed by atoms with Crippen LogP contribution in [0.4, 0.5) is 5.69 Å². The number of amides is 1. The van der Waals surface area contributed by atoms with E-state index in [1.807, 2.05) is 6.92 Å². The summed E-state index contributed by atoms with van der Waals surface area (Å²) in [6, 6.07) is 3.46. The molecule has 0 spiro atoms. The first-order valence-electron chi connectivity index (χ1n) is 7.69. The molecule has 0 radical (unpaired) electrons. The zero-order valence-electron chi connectivity index (χ0n) is 13.3. The summed E-state index contributed by atoms with van der Waals surface area (Å²) in [5, 5.41) is 21.6. The number of carbonyl (C=O) groups excluding carboxylic acids is 1. The van der Waals surface area contributed by atoms with Crippen LogP contribution in [0.2, 0.25) is 0 Å². The molecule has 1 aromatic carbocycles. The first-order chi connectivity index (χ1) is 11.4. The third kappa shape index (κ3) is 2.69. The number of carbonyl (C=O) groups is 1. The van der Waals surface area contributed by atoms with Gasteiger partial charge in [-0.25, -0.2) is 0 Å². The number of ether oxygens (including phenoxy) is 2. The van der Waals surface area contributed by atoms with Gasteiger partial charge >= 0.3 is 0 Å². The Balaban J connectivity index is 2.00. The molecule has 3 rings (SSSR count). The summed E-state index contributed by atoms with van der Waals surface area (Å²) in [6.07, 6.45) is -0.168. The van der Waals surface area contributed by atoms with Gasteiger partial charge in [0, 0.05) is 23.8 Å². The zero-order valence-corrected chi connectivity index (χ0v) is 13.3. The second kappa shape index (κ2) is 6.12. The van der Waals surface area contributed by atoms with Gasteiger partial charge in [0.05, 0.1) is 24.1 Å². The summed E-state index contributed by atoms with van der Waals surface area (Å²) >= 11 is 0. The lowest BCUT2D eigenvalue weighted by Gasteiger charge is -2.39. The lowest BCUT2D eigenvalue weighted by atomic mass is 9.92. The van der Waals surface area contributed by atoms with Crippen molar-refractivity contribution < 1.29 is 24.3 Å². The molecule has 128 valence electrons. The molecular formula is C16H18N2O6. The van der Waals surface area contributed by atoms with Gasteiger partial charge in [-0.05, 0) is 19.9 Å². The van der Waals surface area contributed by atoms with Gasteiger partial charge < -0.3 is 19.5 Å². The monoisotopic (exact) mass is 334 g/mol. The van der Waals surface area contributed by atoms with E-state index in [0.29, 0.717) is 23.7 Å². The molecule has 2 heterocycles. The van der Waals surface area contributed by atoms with E-state index < -0.39 is 23.2 Å². The van der Waals surface area contributed by atoms with Gasteiger partial charge in [-0.1, -0.05) is 0 Å². The molecule has 1 unspecified atom stereocenters. The van der Waals surface area contributed by atoms with Crippen molar-refractivity contribution in [1.29, 1.82) is 0 Å². The molecule has 1 N–H and O–H groups in total. The van der Waals surface area contributed by atoms with Crippen LogP contribution in [0.15, 0.2) is 30.0 Å². The number of nitro groups is 1. The molecule has 3 atom stereocenters. The average Bonchev–Trinajstić information content (AvgIpc) is 2.89. The fourth-order valence-corrected chi connectivity index (χ4v) is 3.07. The number of aliphatic hydroxyl groups excluding tert-OH is 1. The van der Waals surface area contributed by atoms with E-state index in [-0.39, 0.29) is 18.1 Å². The highest BCUT2D eigenvalue weighted by Gasteiger charge is 2.43. The number of aliphatic hydroxyl groups is 1. The highest BCUT2D eigenvalue weighted by Crippen LogP contribution is 2.41. The number of hydrogen-bond acceptors (Lipinski definition) is 6. The van der Waals surface area contributed by atoms with Gasteiger partial charge in [0.25, 0.3) is 11.6 Å². The number of hydrogen-bond donors (Lipinski definition) is 1. The quantitative estimate of drug-likeness (QED) is 0.662. The Hall–Kier alpha value is -2.61. The van der Waals surface area contributed by atoms with E-state index in [4.69, 9.17) is 9.47 Å². The molecule has 8 heteroatoms. The fraction of sp³-hybridized carbons (Fsp3) is 0.438. The zero-order chi connectivity index (χ0) is 17.4. The summed E-state index contributed by atoms with van der Waals surface area (Å²) in [4.78, 5) is 24.3. The molecular weight excluding hydrogens is 316 g/mol. The number of rotatable bonds is 4. The summed E-state index contributed by atoms with van der Waals surface area (Å²) in [5.41, 5.74) is 0.308. The number of nitro benzene ring substituents is 1. The van der Waals surface area contributed by atoms with Gasteiger partial charge in [0.2, 0.25) is 0 Å². The maximum Gasteiger partial charge on any atom is 0.270 e. The molecule has 0 fully saturated rings. The second-order valence-electron chi connectivity index (χ2n) is 5.75. The predicted molar refractivity (Wildman–Crippen MR) is 83.4 cm³/mol. The van der Waals surface area contributed by atoms with Crippen LogP contribution in [0.5, 0.6) is 5.75 Å². The average molecular weight is 334 g/mol. The van der Waals surface area contributed by atoms with Gasteiger partial charge in [-0.3, -0.25) is 14.9 Å². The minimum Gasteiger partial charge on any atom is -0.496 e. The van der Waals surface area contributed by atoms with E-state index in [1.165, 1.54) is 29.2 Å². The van der Waals surface area contributed by atoms with Crippen molar-refractivity contribution in [1.82, 2.24) is 4.90 Å². The normalized spacial score (nSPS) is 25.8. The van der Waals surface area contributed by atoms with Gasteiger partial charge in [-0.15, -0.1) is 0 Å². The molecule has 2 aliphatic rings. The molecule has 0 saturated heterocycles. The Morgan fingerprint density at radius 1 is 1.50 bits per heavy atom. The van der Waals surface area contributed by atoms with Crippen molar-refractivity contribution in [3.63, 3.8) is 0 Å². The lowest BCUT2D eigenvalue weighted by Crippen LogP contribution is -2.47. The molecule has 0 aliphatic carbocycles. The topological polar surface area (TPSA) is 102 Å². The minimum absolute atomic E-state index is 0.117. The van der Waals surface area contributed by atoms with Gasteiger partial charge in [-0.2, -0.15) is 0 Å². The van der Waals surface area contributed by atoms with Crippen molar-refractivity contribution in [3.8, 4) is 5.75 Å². The molecule has 1 amide bonds. The third-order valence-corrected chi connectivity index (χ3v) is 4.20. The Morgan fingerprint density at radius 3 is 2.92 bits per heavy atom. The van der Waals surface area contributed by atoms with Crippen LogP contribution in [0.25, 0.3) is 0 Å². The predicted octanol–water partition coefficient (Wildman–Crippen LogP) is 1.54. The maximum absolute atomic E-state index is 12.3. The number of non-ortho nitro benzene ring substituents is 1. The van der Waals surface area contributed by atoms with Gasteiger partial charge in [0.15, 0.2) is 0 Å². The van der Waals surface area contributed by atoms with Crippen molar-refractivity contribution in [2.24, 2.45) is 0 Å². The van der Waals surface area contributed by atoms with E-state index in [0.717, 1.165) is 0 Å². The summed E-state index contributed by atoms with van der Waals surface area (Å²) in [5.74, 6) is 0.649. The van der Waals surface area contributed by atoms with Crippen molar-refractivity contribution >= 4 is 11.6 Å². The number of nitrogens with zero attached hydrogens (tertiary/aromatic N) is 2. The fourth-order valence-electron chi connectivity index (χ4n) is 3.07. The van der Waals surface area contributed by atoms with E-state index >= 15 is 0 Å². The third-order valence-electron chi connectivity index (χ3n) is 4.20. The van der Waals surface area contributed by atoms with Gasteiger partial charge in [0.1, 0.15) is 23.7 Å². The highest BCUT2D eigenvalue weighted by molar-refractivity contribution is 5.91. The Bertz CT molecular complexity index is 717. The van der Waals surface area contributed by atoms with Crippen LogP contribution in [0.1, 0.15) is 25.5 Å².